The first-order valence-corrected chi connectivity index (χ1v) is 10.6. The molecule has 0 unspecified atom stereocenters. The van der Waals surface area contributed by atoms with Gasteiger partial charge >= 0.3 is 0 Å². The molecule has 2 atom stereocenters. The molecule has 0 spiro atoms. The normalized spacial score (nSPS) is 20.7. The zero-order valence-corrected chi connectivity index (χ0v) is 17.7. The van der Waals surface area contributed by atoms with Crippen molar-refractivity contribution in [1.82, 2.24) is 14.1 Å². The number of nitrogens with one attached hydrogen (secondary N) is 1. The third kappa shape index (κ3) is 2.04. The average Bonchev–Trinajstić information content (AvgIpc) is 3.46. The fourth-order valence-corrected chi connectivity index (χ4v) is 5.58. The maximum absolute atomic E-state index is 13.5. The van der Waals surface area contributed by atoms with E-state index in [0.29, 0.717) is 11.9 Å². The molecular formula is C26H22N4O2. The highest BCUT2D eigenvalue weighted by Crippen LogP contribution is 2.57. The van der Waals surface area contributed by atoms with Crippen molar-refractivity contribution in [3.63, 3.8) is 0 Å². The second-order valence-electron chi connectivity index (χ2n) is 8.46. The monoisotopic (exact) mass is 422 g/mol. The fraction of sp³-hybridized carbons (Fsp3) is 0.154. The molecule has 0 aliphatic carbocycles. The summed E-state index contributed by atoms with van der Waals surface area (Å²) in [6, 6.07) is 16.3. The molecule has 158 valence electrons. The minimum atomic E-state index is -0.717. The van der Waals surface area contributed by atoms with Gasteiger partial charge in [-0.1, -0.05) is 49.1 Å². The molecule has 6 heteroatoms. The minimum absolute atomic E-state index is 0.177. The highest BCUT2D eigenvalue weighted by atomic mass is 16.1. The molecule has 6 rings (SSSR count). The minimum Gasteiger partial charge on any atom is -0.361 e. The van der Waals surface area contributed by atoms with Crippen LogP contribution >= 0.6 is 0 Å². The predicted octanol–water partition coefficient (Wildman–Crippen LogP) is 1.72. The second kappa shape index (κ2) is 6.23. The number of para-hydroxylation sites is 2. The molecule has 2 aromatic heterocycles. The van der Waals surface area contributed by atoms with Crippen molar-refractivity contribution in [1.29, 1.82) is 0 Å². The van der Waals surface area contributed by atoms with Gasteiger partial charge in [-0.2, -0.15) is 0 Å². The molecule has 0 saturated carbocycles. The van der Waals surface area contributed by atoms with Gasteiger partial charge in [-0.3, -0.25) is 14.2 Å². The van der Waals surface area contributed by atoms with E-state index in [2.05, 4.69) is 41.2 Å². The van der Waals surface area contributed by atoms with Crippen molar-refractivity contribution in [3.05, 3.63) is 110 Å². The van der Waals surface area contributed by atoms with Crippen molar-refractivity contribution in [2.45, 2.75) is 11.6 Å². The summed E-state index contributed by atoms with van der Waals surface area (Å²) in [5.41, 5.74) is 2.94. The van der Waals surface area contributed by atoms with Crippen molar-refractivity contribution in [2.75, 3.05) is 11.4 Å². The molecule has 2 aromatic carbocycles. The summed E-state index contributed by atoms with van der Waals surface area (Å²) in [6.45, 7) is 8.38. The van der Waals surface area contributed by atoms with E-state index < -0.39 is 11.6 Å². The number of aromatic amines is 1. The van der Waals surface area contributed by atoms with Gasteiger partial charge < -0.3 is 14.5 Å². The Hall–Kier alpha value is -4.06. The van der Waals surface area contributed by atoms with E-state index in [4.69, 9.17) is 0 Å². The molecule has 0 radical (unpaired) electrons. The van der Waals surface area contributed by atoms with Crippen LogP contribution in [0.1, 0.15) is 17.3 Å². The number of rotatable bonds is 3. The largest absolute Gasteiger partial charge is 0.361 e. The number of hydrogen-bond acceptors (Lipinski definition) is 3. The maximum Gasteiger partial charge on any atom is 0.276 e. The zero-order chi connectivity index (χ0) is 22.2. The van der Waals surface area contributed by atoms with Gasteiger partial charge in [0.25, 0.3) is 11.1 Å². The molecule has 4 aromatic rings. The first-order valence-electron chi connectivity index (χ1n) is 10.6. The van der Waals surface area contributed by atoms with Crippen LogP contribution in [0.2, 0.25) is 0 Å². The van der Waals surface area contributed by atoms with Crippen LogP contribution in [0, 0.1) is 0 Å². The van der Waals surface area contributed by atoms with Gasteiger partial charge in [0.2, 0.25) is 0 Å². The van der Waals surface area contributed by atoms with Crippen LogP contribution in [0.3, 0.4) is 0 Å². The van der Waals surface area contributed by atoms with Crippen LogP contribution in [0.15, 0.2) is 77.0 Å². The van der Waals surface area contributed by atoms with Crippen LogP contribution in [0.4, 0.5) is 5.69 Å². The fourth-order valence-electron chi connectivity index (χ4n) is 5.58. The summed E-state index contributed by atoms with van der Waals surface area (Å²) in [6.07, 6.45) is 5.39. The number of aromatic nitrogens is 3. The number of benzene rings is 2. The zero-order valence-electron chi connectivity index (χ0n) is 17.7. The van der Waals surface area contributed by atoms with Gasteiger partial charge in [-0.05, 0) is 29.3 Å². The SMILES string of the molecule is C=CCN1c2ccccc2[C@@]2(c3c[nH]c4ccccc34)C=c3c(=O)n(C)c(=C)c(=O)n3[C@@H]12. The van der Waals surface area contributed by atoms with Crippen molar-refractivity contribution in [3.8, 4) is 0 Å². The van der Waals surface area contributed by atoms with E-state index in [1.54, 1.807) is 11.6 Å². The molecule has 0 bridgehead atoms. The van der Waals surface area contributed by atoms with E-state index >= 15 is 0 Å². The van der Waals surface area contributed by atoms with Crippen molar-refractivity contribution < 1.29 is 0 Å². The van der Waals surface area contributed by atoms with E-state index in [-0.39, 0.29) is 16.5 Å². The summed E-state index contributed by atoms with van der Waals surface area (Å²) in [5, 5.41) is 1.64. The summed E-state index contributed by atoms with van der Waals surface area (Å²) in [7, 11) is 1.60. The number of H-pyrrole nitrogens is 1. The van der Waals surface area contributed by atoms with Gasteiger partial charge in [-0.15, -0.1) is 6.58 Å². The lowest BCUT2D eigenvalue weighted by atomic mass is 9.74. The van der Waals surface area contributed by atoms with Gasteiger partial charge in [0, 0.05) is 36.4 Å². The molecule has 0 saturated heterocycles. The molecule has 1 N–H and O–H groups in total. The average molecular weight is 422 g/mol. The Morgan fingerprint density at radius 1 is 1.06 bits per heavy atom. The van der Waals surface area contributed by atoms with E-state index in [1.165, 1.54) is 4.57 Å². The summed E-state index contributed by atoms with van der Waals surface area (Å²) >= 11 is 0. The van der Waals surface area contributed by atoms with Gasteiger partial charge in [-0.25, -0.2) is 0 Å². The van der Waals surface area contributed by atoms with E-state index in [9.17, 15) is 9.59 Å². The summed E-state index contributed by atoms with van der Waals surface area (Å²) in [4.78, 5) is 32.4. The summed E-state index contributed by atoms with van der Waals surface area (Å²) < 4.78 is 2.98. The van der Waals surface area contributed by atoms with E-state index in [1.807, 2.05) is 48.7 Å². The molecule has 6 nitrogen and oxygen atoms in total. The lowest BCUT2D eigenvalue weighted by molar-refractivity contribution is 0.411. The third-order valence-electron chi connectivity index (χ3n) is 6.99. The Labute approximate surface area is 183 Å². The van der Waals surface area contributed by atoms with Crippen molar-refractivity contribution in [2.24, 2.45) is 7.05 Å². The quantitative estimate of drug-likeness (QED) is 0.512. The first-order chi connectivity index (χ1) is 15.5. The van der Waals surface area contributed by atoms with Gasteiger partial charge in [0.1, 0.15) is 16.9 Å². The molecule has 32 heavy (non-hydrogen) atoms. The molecule has 4 heterocycles. The van der Waals surface area contributed by atoms with E-state index in [0.717, 1.165) is 27.7 Å². The lowest BCUT2D eigenvalue weighted by Crippen LogP contribution is -2.58. The Bertz CT molecular complexity index is 1670. The maximum atomic E-state index is 13.5. The number of anilines is 1. The highest BCUT2D eigenvalue weighted by molar-refractivity contribution is 5.89. The Morgan fingerprint density at radius 3 is 2.62 bits per heavy atom. The Balaban J connectivity index is 1.83. The Morgan fingerprint density at radius 2 is 1.81 bits per heavy atom. The summed E-state index contributed by atoms with van der Waals surface area (Å²) in [5.74, 6) is 0. The van der Waals surface area contributed by atoms with Crippen LogP contribution in [-0.2, 0) is 12.5 Å². The molecule has 0 fully saturated rings. The number of fused-ring (bicyclic) bond motifs is 6. The van der Waals surface area contributed by atoms with Gasteiger partial charge in [0.15, 0.2) is 0 Å². The number of hydrogen-bond donors (Lipinski definition) is 1. The topological polar surface area (TPSA) is 63.0 Å². The Kier molecular flexibility index (Phi) is 3.64. The second-order valence-corrected chi connectivity index (χ2v) is 8.46. The molecular weight excluding hydrogens is 400 g/mol. The van der Waals surface area contributed by atoms with Crippen LogP contribution in [0.25, 0.3) is 23.6 Å². The smallest absolute Gasteiger partial charge is 0.276 e. The first kappa shape index (κ1) is 18.7. The molecule has 2 aliphatic rings. The third-order valence-corrected chi connectivity index (χ3v) is 6.99. The number of nitrogens with zero attached hydrogens (tertiary/aromatic N) is 3. The lowest BCUT2D eigenvalue weighted by Gasteiger charge is -2.34. The van der Waals surface area contributed by atoms with Crippen LogP contribution in [-0.4, -0.2) is 20.7 Å². The molecule has 0 amide bonds. The van der Waals surface area contributed by atoms with Crippen LogP contribution < -0.4 is 26.7 Å². The predicted molar refractivity (Wildman–Crippen MR) is 127 cm³/mol. The molecule has 2 aliphatic heterocycles. The standard InChI is InChI=1S/C26H22N4O2/c1-4-13-29-21-12-8-6-10-18(21)26(19-15-27-20-11-7-5-9-17(19)20)14-22-24(32)28(3)16(2)23(31)30(22)25(26)29/h4-12,14-15,25,27H,1-2,13H2,3H3/t25-,26-/m1/s1. The highest BCUT2D eigenvalue weighted by Gasteiger charge is 2.56. The van der Waals surface area contributed by atoms with Crippen LogP contribution in [0.5, 0.6) is 0 Å². The van der Waals surface area contributed by atoms with Gasteiger partial charge in [0.05, 0.1) is 5.41 Å². The van der Waals surface area contributed by atoms with Crippen molar-refractivity contribution >= 4 is 29.2 Å².